The normalized spacial score (nSPS) is 18.2. The minimum atomic E-state index is -0.703. The van der Waals surface area contributed by atoms with E-state index in [-0.39, 0.29) is 23.0 Å². The van der Waals surface area contributed by atoms with Crippen LogP contribution in [0.1, 0.15) is 18.4 Å². The van der Waals surface area contributed by atoms with Crippen molar-refractivity contribution in [2.75, 3.05) is 7.11 Å². The van der Waals surface area contributed by atoms with Crippen molar-refractivity contribution in [3.05, 3.63) is 27.7 Å². The van der Waals surface area contributed by atoms with Crippen molar-refractivity contribution in [3.8, 4) is 0 Å². The highest BCUT2D eigenvalue weighted by atomic mass is 79.9. The van der Waals surface area contributed by atoms with Crippen LogP contribution in [-0.4, -0.2) is 29.5 Å². The van der Waals surface area contributed by atoms with Gasteiger partial charge in [0, 0.05) is 5.56 Å². The van der Waals surface area contributed by atoms with E-state index in [9.17, 15) is 4.79 Å². The number of ether oxygens (including phenoxy) is 1. The second-order valence-corrected chi connectivity index (χ2v) is 5.72. The summed E-state index contributed by atoms with van der Waals surface area (Å²) in [6.45, 7) is 0.402. The van der Waals surface area contributed by atoms with Crippen LogP contribution in [0.4, 0.5) is 5.69 Å². The van der Waals surface area contributed by atoms with Gasteiger partial charge in [-0.2, -0.15) is 0 Å². The van der Waals surface area contributed by atoms with E-state index >= 15 is 0 Å². The molecule has 21 heavy (non-hydrogen) atoms. The minimum absolute atomic E-state index is 0. The van der Waals surface area contributed by atoms with Crippen LogP contribution in [0.5, 0.6) is 0 Å². The van der Waals surface area contributed by atoms with E-state index in [0.29, 0.717) is 41.1 Å². The predicted molar refractivity (Wildman–Crippen MR) is 77.3 cm³/mol. The molecule has 1 heterocycles. The van der Waals surface area contributed by atoms with Gasteiger partial charge in [0.15, 0.2) is 5.96 Å². The highest BCUT2D eigenvalue weighted by Crippen LogP contribution is 2.47. The maximum Gasteiger partial charge on any atom is 0.331 e. The van der Waals surface area contributed by atoms with Crippen LogP contribution in [0, 0.1) is 0 Å². The van der Waals surface area contributed by atoms with E-state index in [2.05, 4.69) is 4.99 Å². The Kier molecular flexibility index (Phi) is 4.42. The molecule has 1 saturated carbocycles. The molecule has 0 unspecified atom stereocenters. The summed E-state index contributed by atoms with van der Waals surface area (Å²) < 4.78 is 4.87. The average molecular weight is 394 g/mol. The van der Waals surface area contributed by atoms with Crippen LogP contribution < -0.4 is 22.7 Å². The van der Waals surface area contributed by atoms with Gasteiger partial charge < -0.3 is 32.4 Å². The maximum atomic E-state index is 12.0. The summed E-state index contributed by atoms with van der Waals surface area (Å²) in [6, 6.07) is 3.45. The average Bonchev–Trinajstić information content (AvgIpc) is 3.23. The number of methoxy groups -OCH3 is 1. The standard InChI is InChI=1S/C13H13Cl2N3O2.BrH/c1-20-11(19)13(4-5-13)18-6-7-9(17-12(18)16)3-2-8(14)10(7)15;/h2-3H,4-6H2,1H3,(H2,16,17);1H/p-1. The molecule has 5 nitrogen and oxygen atoms in total. The first-order valence-electron chi connectivity index (χ1n) is 6.17. The Morgan fingerprint density at radius 1 is 1.43 bits per heavy atom. The van der Waals surface area contributed by atoms with Crippen LogP contribution in [0.2, 0.25) is 10.0 Å². The second-order valence-electron chi connectivity index (χ2n) is 4.94. The molecular weight excluding hydrogens is 381 g/mol. The lowest BCUT2D eigenvalue weighted by Crippen LogP contribution is -3.00. The summed E-state index contributed by atoms with van der Waals surface area (Å²) in [4.78, 5) is 18.0. The topological polar surface area (TPSA) is 67.9 Å². The largest absolute Gasteiger partial charge is 1.00 e. The fourth-order valence-corrected chi connectivity index (χ4v) is 2.92. The molecule has 0 atom stereocenters. The number of halogens is 3. The van der Waals surface area contributed by atoms with E-state index in [4.69, 9.17) is 33.7 Å². The lowest BCUT2D eigenvalue weighted by Gasteiger charge is -2.34. The van der Waals surface area contributed by atoms with E-state index in [1.807, 2.05) is 0 Å². The molecule has 2 aliphatic rings. The number of carbonyl (C=O) groups excluding carboxylic acids is 1. The number of nitrogens with two attached hydrogens (primary N) is 1. The molecule has 114 valence electrons. The maximum absolute atomic E-state index is 12.0. The van der Waals surface area contributed by atoms with Gasteiger partial charge in [-0.15, -0.1) is 0 Å². The number of aliphatic imine (C=N–C) groups is 1. The molecule has 0 bridgehead atoms. The number of nitrogens with zero attached hydrogens (tertiary/aromatic N) is 2. The van der Waals surface area contributed by atoms with Gasteiger partial charge >= 0.3 is 5.97 Å². The number of fused-ring (bicyclic) bond motifs is 1. The molecule has 1 aromatic rings. The van der Waals surface area contributed by atoms with Gasteiger partial charge in [0.1, 0.15) is 5.54 Å². The number of rotatable bonds is 2. The first-order valence-corrected chi connectivity index (χ1v) is 6.92. The number of esters is 1. The Balaban J connectivity index is 0.00000161. The fourth-order valence-electron chi connectivity index (χ4n) is 2.52. The molecule has 0 aromatic heterocycles. The molecule has 0 radical (unpaired) electrons. The second kappa shape index (κ2) is 5.66. The van der Waals surface area contributed by atoms with Crippen LogP contribution in [-0.2, 0) is 16.1 Å². The van der Waals surface area contributed by atoms with E-state index < -0.39 is 5.54 Å². The zero-order chi connectivity index (χ0) is 14.5. The van der Waals surface area contributed by atoms with Crippen molar-refractivity contribution >= 4 is 40.8 Å². The zero-order valence-electron chi connectivity index (χ0n) is 11.2. The van der Waals surface area contributed by atoms with Crippen molar-refractivity contribution in [1.82, 2.24) is 4.90 Å². The molecule has 1 aliphatic carbocycles. The zero-order valence-corrected chi connectivity index (χ0v) is 14.3. The summed E-state index contributed by atoms with van der Waals surface area (Å²) in [6.07, 6.45) is 1.40. The lowest BCUT2D eigenvalue weighted by molar-refractivity contribution is -0.147. The van der Waals surface area contributed by atoms with Crippen molar-refractivity contribution in [2.45, 2.75) is 24.9 Å². The molecule has 8 heteroatoms. The van der Waals surface area contributed by atoms with Crippen molar-refractivity contribution in [1.29, 1.82) is 0 Å². The molecule has 0 amide bonds. The van der Waals surface area contributed by atoms with Gasteiger partial charge in [0.05, 0.1) is 29.4 Å². The number of hydrogen-bond acceptors (Lipinski definition) is 5. The third kappa shape index (κ3) is 2.49. The summed E-state index contributed by atoms with van der Waals surface area (Å²) in [5.41, 5.74) is 6.76. The van der Waals surface area contributed by atoms with E-state index in [0.717, 1.165) is 5.56 Å². The summed E-state index contributed by atoms with van der Waals surface area (Å²) in [5, 5.41) is 0.912. The smallest absolute Gasteiger partial charge is 0.331 e. The first-order chi connectivity index (χ1) is 9.49. The van der Waals surface area contributed by atoms with Crippen LogP contribution in [0.3, 0.4) is 0 Å². The number of benzene rings is 1. The molecule has 0 saturated heterocycles. The quantitative estimate of drug-likeness (QED) is 0.685. The first kappa shape index (κ1) is 16.4. The molecule has 2 N–H and O–H groups in total. The molecule has 1 fully saturated rings. The Hall–Kier alpha value is -0.980. The Labute approximate surface area is 142 Å². The molecule has 1 aromatic carbocycles. The van der Waals surface area contributed by atoms with E-state index in [1.165, 1.54) is 7.11 Å². The van der Waals surface area contributed by atoms with Gasteiger partial charge in [-0.1, -0.05) is 23.2 Å². The lowest BCUT2D eigenvalue weighted by atomic mass is 10.1. The molecule has 0 spiro atoms. The highest BCUT2D eigenvalue weighted by molar-refractivity contribution is 6.42. The van der Waals surface area contributed by atoms with Gasteiger partial charge in [-0.3, -0.25) is 0 Å². The van der Waals surface area contributed by atoms with Crippen molar-refractivity contribution in [2.24, 2.45) is 10.7 Å². The SMILES string of the molecule is COC(=O)C1(N2Cc3c(ccc(Cl)c3Cl)N=C2N)CC1.[Br-]. The third-order valence-corrected chi connectivity index (χ3v) is 4.65. The Bertz CT molecular complexity index is 632. The monoisotopic (exact) mass is 392 g/mol. The van der Waals surface area contributed by atoms with Crippen LogP contribution in [0.25, 0.3) is 0 Å². The van der Waals surface area contributed by atoms with E-state index in [1.54, 1.807) is 17.0 Å². The molecular formula is C13H13BrCl2N3O2-. The Morgan fingerprint density at radius 3 is 2.67 bits per heavy atom. The van der Waals surface area contributed by atoms with Crippen LogP contribution >= 0.6 is 23.2 Å². The number of hydrogen-bond donors (Lipinski definition) is 1. The summed E-state index contributed by atoms with van der Waals surface area (Å²) >= 11 is 12.3. The molecule has 3 rings (SSSR count). The van der Waals surface area contributed by atoms with Gasteiger partial charge in [0.2, 0.25) is 0 Å². The van der Waals surface area contributed by atoms with Gasteiger partial charge in [0.25, 0.3) is 0 Å². The van der Waals surface area contributed by atoms with Gasteiger partial charge in [-0.25, -0.2) is 9.79 Å². The predicted octanol–water partition coefficient (Wildman–Crippen LogP) is -0.535. The molecule has 1 aliphatic heterocycles. The minimum Gasteiger partial charge on any atom is -1.00 e. The fraction of sp³-hybridized carbons (Fsp3) is 0.385. The van der Waals surface area contributed by atoms with Crippen molar-refractivity contribution in [3.63, 3.8) is 0 Å². The Morgan fingerprint density at radius 2 is 2.10 bits per heavy atom. The summed E-state index contributed by atoms with van der Waals surface area (Å²) in [7, 11) is 1.37. The number of guanidine groups is 1. The summed E-state index contributed by atoms with van der Waals surface area (Å²) in [5.74, 6) is 0.0102. The van der Waals surface area contributed by atoms with Gasteiger partial charge in [-0.05, 0) is 25.0 Å². The number of carbonyl (C=O) groups is 1. The highest BCUT2D eigenvalue weighted by Gasteiger charge is 2.57. The third-order valence-electron chi connectivity index (χ3n) is 3.80. The van der Waals surface area contributed by atoms with Crippen LogP contribution in [0.15, 0.2) is 17.1 Å². The van der Waals surface area contributed by atoms with Crippen molar-refractivity contribution < 1.29 is 26.5 Å².